The van der Waals surface area contributed by atoms with Crippen molar-refractivity contribution in [1.29, 1.82) is 0 Å². The molecular formula is C22H25N5O4S2. The molecule has 33 heavy (non-hydrogen) atoms. The Morgan fingerprint density at radius 3 is 2.48 bits per heavy atom. The molecule has 0 radical (unpaired) electrons. The van der Waals surface area contributed by atoms with Crippen LogP contribution in [-0.4, -0.2) is 82.5 Å². The van der Waals surface area contributed by atoms with Crippen LogP contribution in [0.2, 0.25) is 0 Å². The Balaban J connectivity index is 1.60. The molecule has 2 amide bonds. The molecular weight excluding hydrogens is 462 g/mol. The number of aryl methyl sites for hydroxylation is 1. The summed E-state index contributed by atoms with van der Waals surface area (Å²) in [6.45, 7) is 5.31. The highest BCUT2D eigenvalue weighted by Gasteiger charge is 2.33. The molecule has 3 aromatic heterocycles. The first-order chi connectivity index (χ1) is 15.7. The third-order valence-electron chi connectivity index (χ3n) is 6.41. The standard InChI is InChI=1S/C22H25N5O4S2/c1-14-20-17(22(29)26-8-6-25(7-9-26)15(2)28)12-18(19-4-3-10-32-19)23-21(20)27(24-14)16-5-11-33(30,31)13-16/h3-4,10,12,16H,5-9,11,13H2,1-2H3. The fourth-order valence-electron chi connectivity index (χ4n) is 4.65. The SMILES string of the molecule is CC(=O)N1CCN(C(=O)c2cc(-c3cccs3)nc3c2c(C)nn3C2CCS(=O)(=O)C2)CC1. The molecule has 174 valence electrons. The molecule has 1 atom stereocenters. The fourth-order valence-corrected chi connectivity index (χ4v) is 7.03. The van der Waals surface area contributed by atoms with Gasteiger partial charge in [0.15, 0.2) is 15.5 Å². The Labute approximate surface area is 195 Å². The molecule has 0 saturated carbocycles. The molecule has 11 heteroatoms. The molecule has 0 aliphatic carbocycles. The van der Waals surface area contributed by atoms with Crippen molar-refractivity contribution in [2.24, 2.45) is 0 Å². The normalized spacial score (nSPS) is 20.5. The number of hydrogen-bond donors (Lipinski definition) is 0. The van der Waals surface area contributed by atoms with E-state index >= 15 is 0 Å². The summed E-state index contributed by atoms with van der Waals surface area (Å²) in [5, 5.41) is 7.27. The van der Waals surface area contributed by atoms with Crippen molar-refractivity contribution in [2.45, 2.75) is 26.3 Å². The molecule has 2 saturated heterocycles. The minimum Gasteiger partial charge on any atom is -0.339 e. The number of hydrogen-bond acceptors (Lipinski definition) is 7. The number of amides is 2. The van der Waals surface area contributed by atoms with E-state index in [0.717, 1.165) is 4.88 Å². The van der Waals surface area contributed by atoms with Crippen LogP contribution < -0.4 is 0 Å². The third kappa shape index (κ3) is 4.04. The molecule has 2 aliphatic heterocycles. The van der Waals surface area contributed by atoms with Gasteiger partial charge in [-0.2, -0.15) is 5.10 Å². The molecule has 0 N–H and O–H groups in total. The van der Waals surface area contributed by atoms with Crippen molar-refractivity contribution < 1.29 is 18.0 Å². The molecule has 0 aromatic carbocycles. The molecule has 5 rings (SSSR count). The number of piperazine rings is 1. The first-order valence-corrected chi connectivity index (χ1v) is 13.6. The fraction of sp³-hybridized carbons (Fsp3) is 0.455. The highest BCUT2D eigenvalue weighted by atomic mass is 32.2. The second kappa shape index (κ2) is 8.21. The van der Waals surface area contributed by atoms with Gasteiger partial charge in [-0.25, -0.2) is 18.1 Å². The highest BCUT2D eigenvalue weighted by molar-refractivity contribution is 7.91. The van der Waals surface area contributed by atoms with Gasteiger partial charge >= 0.3 is 0 Å². The van der Waals surface area contributed by atoms with Crippen molar-refractivity contribution in [3.63, 3.8) is 0 Å². The molecule has 2 aliphatic rings. The number of carbonyl (C=O) groups excluding carboxylic acids is 2. The predicted octanol–water partition coefficient (Wildman–Crippen LogP) is 2.13. The Morgan fingerprint density at radius 2 is 1.88 bits per heavy atom. The van der Waals surface area contributed by atoms with Gasteiger partial charge in [0, 0.05) is 33.1 Å². The highest BCUT2D eigenvalue weighted by Crippen LogP contribution is 2.33. The number of aromatic nitrogens is 3. The van der Waals surface area contributed by atoms with Crippen molar-refractivity contribution in [2.75, 3.05) is 37.7 Å². The molecule has 0 bridgehead atoms. The first kappa shape index (κ1) is 22.0. The Kier molecular flexibility index (Phi) is 5.48. The van der Waals surface area contributed by atoms with Gasteiger partial charge in [0.2, 0.25) is 5.91 Å². The average Bonchev–Trinajstić information content (AvgIpc) is 3.52. The number of thiophene rings is 1. The monoisotopic (exact) mass is 487 g/mol. The van der Waals surface area contributed by atoms with Crippen LogP contribution >= 0.6 is 11.3 Å². The lowest BCUT2D eigenvalue weighted by atomic mass is 10.1. The Morgan fingerprint density at radius 1 is 1.15 bits per heavy atom. The third-order valence-corrected chi connectivity index (χ3v) is 9.05. The van der Waals surface area contributed by atoms with Crippen LogP contribution in [0.1, 0.15) is 35.4 Å². The van der Waals surface area contributed by atoms with Gasteiger partial charge in [-0.1, -0.05) is 6.07 Å². The van der Waals surface area contributed by atoms with E-state index in [1.807, 2.05) is 30.5 Å². The summed E-state index contributed by atoms with van der Waals surface area (Å²) in [5.74, 6) is 0.0568. The van der Waals surface area contributed by atoms with Gasteiger partial charge in [-0.3, -0.25) is 9.59 Å². The predicted molar refractivity (Wildman–Crippen MR) is 126 cm³/mol. The maximum Gasteiger partial charge on any atom is 0.254 e. The average molecular weight is 488 g/mol. The Hall–Kier alpha value is -2.79. The summed E-state index contributed by atoms with van der Waals surface area (Å²) < 4.78 is 25.9. The number of sulfone groups is 1. The van der Waals surface area contributed by atoms with E-state index in [-0.39, 0.29) is 29.4 Å². The molecule has 2 fully saturated rings. The smallest absolute Gasteiger partial charge is 0.254 e. The number of nitrogens with zero attached hydrogens (tertiary/aromatic N) is 5. The van der Waals surface area contributed by atoms with Crippen molar-refractivity contribution in [1.82, 2.24) is 24.6 Å². The lowest BCUT2D eigenvalue weighted by molar-refractivity contribution is -0.130. The van der Waals surface area contributed by atoms with E-state index in [1.54, 1.807) is 14.5 Å². The van der Waals surface area contributed by atoms with Crippen molar-refractivity contribution in [3.8, 4) is 10.6 Å². The van der Waals surface area contributed by atoms with Gasteiger partial charge in [-0.15, -0.1) is 11.3 Å². The van der Waals surface area contributed by atoms with Crippen LogP contribution in [0.5, 0.6) is 0 Å². The summed E-state index contributed by atoms with van der Waals surface area (Å²) >= 11 is 1.53. The molecule has 9 nitrogen and oxygen atoms in total. The van der Waals surface area contributed by atoms with E-state index in [1.165, 1.54) is 18.3 Å². The molecule has 3 aromatic rings. The number of rotatable bonds is 3. The van der Waals surface area contributed by atoms with E-state index in [2.05, 4.69) is 5.10 Å². The van der Waals surface area contributed by atoms with Crippen LogP contribution in [0.25, 0.3) is 21.6 Å². The minimum atomic E-state index is -3.11. The van der Waals surface area contributed by atoms with Gasteiger partial charge in [0.25, 0.3) is 5.91 Å². The maximum atomic E-state index is 13.7. The summed E-state index contributed by atoms with van der Waals surface area (Å²) in [7, 11) is -3.11. The second-order valence-electron chi connectivity index (χ2n) is 8.62. The van der Waals surface area contributed by atoms with Crippen molar-refractivity contribution >= 4 is 44.0 Å². The van der Waals surface area contributed by atoms with Gasteiger partial charge < -0.3 is 9.80 Å². The summed E-state index contributed by atoms with van der Waals surface area (Å²) in [4.78, 5) is 34.6. The van der Waals surface area contributed by atoms with Crippen molar-refractivity contribution in [3.05, 3.63) is 34.8 Å². The maximum absolute atomic E-state index is 13.7. The van der Waals surface area contributed by atoms with E-state index in [0.29, 0.717) is 60.6 Å². The topological polar surface area (TPSA) is 105 Å². The van der Waals surface area contributed by atoms with Crippen LogP contribution in [0, 0.1) is 6.92 Å². The van der Waals surface area contributed by atoms with E-state index in [9.17, 15) is 18.0 Å². The summed E-state index contributed by atoms with van der Waals surface area (Å²) in [6.07, 6.45) is 0.486. The lowest BCUT2D eigenvalue weighted by Crippen LogP contribution is -2.50. The largest absolute Gasteiger partial charge is 0.339 e. The minimum absolute atomic E-state index is 0.0111. The van der Waals surface area contributed by atoms with Gasteiger partial charge in [0.05, 0.1) is 44.8 Å². The zero-order chi connectivity index (χ0) is 23.3. The van der Waals surface area contributed by atoms with Crippen LogP contribution in [-0.2, 0) is 14.6 Å². The van der Waals surface area contributed by atoms with E-state index in [4.69, 9.17) is 4.98 Å². The number of fused-ring (bicyclic) bond motifs is 1. The van der Waals surface area contributed by atoms with Crippen LogP contribution in [0.15, 0.2) is 23.6 Å². The van der Waals surface area contributed by atoms with Crippen LogP contribution in [0.4, 0.5) is 0 Å². The summed E-state index contributed by atoms with van der Waals surface area (Å²) in [6, 6.07) is 5.41. The zero-order valence-electron chi connectivity index (χ0n) is 18.5. The quantitative estimate of drug-likeness (QED) is 0.560. The second-order valence-corrected chi connectivity index (χ2v) is 11.8. The first-order valence-electron chi connectivity index (χ1n) is 10.9. The van der Waals surface area contributed by atoms with Gasteiger partial charge in [0.1, 0.15) is 0 Å². The molecule has 0 spiro atoms. The summed E-state index contributed by atoms with van der Waals surface area (Å²) in [5.41, 5.74) is 2.39. The molecule has 1 unspecified atom stereocenters. The van der Waals surface area contributed by atoms with Crippen LogP contribution in [0.3, 0.4) is 0 Å². The Bertz CT molecular complexity index is 1340. The lowest BCUT2D eigenvalue weighted by Gasteiger charge is -2.34. The van der Waals surface area contributed by atoms with E-state index < -0.39 is 9.84 Å². The zero-order valence-corrected chi connectivity index (χ0v) is 20.2. The van der Waals surface area contributed by atoms with Gasteiger partial charge in [-0.05, 0) is 30.9 Å². The number of pyridine rings is 1. The number of carbonyl (C=O) groups is 2. The molecule has 5 heterocycles.